The molecule has 0 atom stereocenters. The van der Waals surface area contributed by atoms with E-state index in [0.717, 1.165) is 0 Å². The van der Waals surface area contributed by atoms with Crippen LogP contribution in [-0.2, 0) is 13.5 Å². The molecule has 1 aromatic carbocycles. The highest BCUT2D eigenvalue weighted by Crippen LogP contribution is 2.15. The maximum absolute atomic E-state index is 13.0. The molecular formula is C13H11F3N2O. The minimum atomic E-state index is -1.57. The standard InChI is InChI=1S/C13H11F3N2O/c1-18-5-4-17-12(18)3-2-11(19)8-6-9(14)13(16)10(15)7-8/h4-7H,2-3H2,1H3. The van der Waals surface area contributed by atoms with Gasteiger partial charge in [0.25, 0.3) is 0 Å². The third-order valence-corrected chi connectivity index (χ3v) is 2.80. The van der Waals surface area contributed by atoms with Crippen LogP contribution in [0, 0.1) is 17.5 Å². The summed E-state index contributed by atoms with van der Waals surface area (Å²) in [5.41, 5.74) is -0.175. The van der Waals surface area contributed by atoms with Gasteiger partial charge in [-0.3, -0.25) is 4.79 Å². The number of imidazole rings is 1. The second-order valence-corrected chi connectivity index (χ2v) is 4.13. The number of aryl methyl sites for hydroxylation is 2. The number of carbonyl (C=O) groups excluding carboxylic acids is 1. The van der Waals surface area contributed by atoms with Crippen LogP contribution in [0.5, 0.6) is 0 Å². The number of rotatable bonds is 4. The molecule has 0 unspecified atom stereocenters. The SMILES string of the molecule is Cn1ccnc1CCC(=O)c1cc(F)c(F)c(F)c1. The summed E-state index contributed by atoms with van der Waals surface area (Å²) >= 11 is 0. The summed E-state index contributed by atoms with van der Waals surface area (Å²) in [6.07, 6.45) is 3.73. The number of benzene rings is 1. The summed E-state index contributed by atoms with van der Waals surface area (Å²) in [5, 5.41) is 0. The van der Waals surface area contributed by atoms with Gasteiger partial charge in [-0.2, -0.15) is 0 Å². The Morgan fingerprint density at radius 2 is 1.89 bits per heavy atom. The van der Waals surface area contributed by atoms with Gasteiger partial charge in [0.05, 0.1) is 0 Å². The van der Waals surface area contributed by atoms with Crippen LogP contribution in [0.2, 0.25) is 0 Å². The van der Waals surface area contributed by atoms with E-state index in [2.05, 4.69) is 4.98 Å². The van der Waals surface area contributed by atoms with E-state index in [-0.39, 0.29) is 12.0 Å². The summed E-state index contributed by atoms with van der Waals surface area (Å²) in [7, 11) is 1.78. The lowest BCUT2D eigenvalue weighted by molar-refractivity contribution is 0.0981. The molecule has 0 aliphatic carbocycles. The Labute approximate surface area is 107 Å². The molecule has 0 bridgehead atoms. The molecule has 2 aromatic rings. The molecule has 1 aromatic heterocycles. The number of hydrogen-bond acceptors (Lipinski definition) is 2. The minimum absolute atomic E-state index is 0.0510. The number of nitrogens with zero attached hydrogens (tertiary/aromatic N) is 2. The summed E-state index contributed by atoms with van der Waals surface area (Å²) in [6.45, 7) is 0. The first kappa shape index (κ1) is 13.3. The van der Waals surface area contributed by atoms with Crippen molar-refractivity contribution in [3.8, 4) is 0 Å². The summed E-state index contributed by atoms with van der Waals surface area (Å²) < 4.78 is 40.5. The molecule has 19 heavy (non-hydrogen) atoms. The van der Waals surface area contributed by atoms with Crippen LogP contribution in [0.3, 0.4) is 0 Å². The van der Waals surface area contributed by atoms with Gasteiger partial charge < -0.3 is 4.57 Å². The second kappa shape index (κ2) is 5.26. The molecule has 0 saturated heterocycles. The van der Waals surface area contributed by atoms with Crippen LogP contribution in [0.4, 0.5) is 13.2 Å². The smallest absolute Gasteiger partial charge is 0.194 e. The van der Waals surface area contributed by atoms with Gasteiger partial charge in [-0.1, -0.05) is 0 Å². The Morgan fingerprint density at radius 3 is 2.42 bits per heavy atom. The average Bonchev–Trinajstić information content (AvgIpc) is 2.78. The number of carbonyl (C=O) groups is 1. The Balaban J connectivity index is 2.10. The third-order valence-electron chi connectivity index (χ3n) is 2.80. The van der Waals surface area contributed by atoms with Gasteiger partial charge in [0, 0.05) is 37.8 Å². The van der Waals surface area contributed by atoms with E-state index in [4.69, 9.17) is 0 Å². The van der Waals surface area contributed by atoms with Crippen molar-refractivity contribution in [2.75, 3.05) is 0 Å². The molecule has 100 valence electrons. The fourth-order valence-electron chi connectivity index (χ4n) is 1.72. The predicted octanol–water partition coefficient (Wildman–Crippen LogP) is 2.65. The predicted molar refractivity (Wildman–Crippen MR) is 62.2 cm³/mol. The highest BCUT2D eigenvalue weighted by atomic mass is 19.2. The van der Waals surface area contributed by atoms with Crippen molar-refractivity contribution in [3.05, 3.63) is 53.4 Å². The minimum Gasteiger partial charge on any atom is -0.338 e. The maximum atomic E-state index is 13.0. The number of hydrogen-bond donors (Lipinski definition) is 0. The second-order valence-electron chi connectivity index (χ2n) is 4.13. The summed E-state index contributed by atoms with van der Waals surface area (Å²) in [6, 6.07) is 1.42. The molecule has 0 aliphatic heterocycles. The van der Waals surface area contributed by atoms with E-state index in [1.54, 1.807) is 24.0 Å². The van der Waals surface area contributed by atoms with Gasteiger partial charge in [0.15, 0.2) is 23.2 Å². The van der Waals surface area contributed by atoms with Crippen molar-refractivity contribution in [2.24, 2.45) is 7.05 Å². The fraction of sp³-hybridized carbons (Fsp3) is 0.231. The Bertz CT molecular complexity index is 599. The van der Waals surface area contributed by atoms with E-state index in [1.165, 1.54) is 0 Å². The van der Waals surface area contributed by atoms with Crippen LogP contribution in [0.15, 0.2) is 24.5 Å². The molecule has 0 spiro atoms. The van der Waals surface area contributed by atoms with Gasteiger partial charge in [-0.05, 0) is 12.1 Å². The lowest BCUT2D eigenvalue weighted by Crippen LogP contribution is -2.06. The van der Waals surface area contributed by atoms with E-state index in [9.17, 15) is 18.0 Å². The normalized spacial score (nSPS) is 10.7. The number of Topliss-reactive ketones (excluding diaryl/α,β-unsaturated/α-hetero) is 1. The molecule has 6 heteroatoms. The topological polar surface area (TPSA) is 34.9 Å². The first-order valence-electron chi connectivity index (χ1n) is 5.63. The number of ketones is 1. The quantitative estimate of drug-likeness (QED) is 0.631. The van der Waals surface area contributed by atoms with Crippen LogP contribution >= 0.6 is 0 Å². The van der Waals surface area contributed by atoms with Crippen molar-refractivity contribution in [1.82, 2.24) is 9.55 Å². The van der Waals surface area contributed by atoms with Crippen molar-refractivity contribution in [3.63, 3.8) is 0 Å². The van der Waals surface area contributed by atoms with Crippen LogP contribution < -0.4 is 0 Å². The van der Waals surface area contributed by atoms with Crippen LogP contribution in [0.25, 0.3) is 0 Å². The van der Waals surface area contributed by atoms with Gasteiger partial charge in [0.1, 0.15) is 5.82 Å². The summed E-state index contributed by atoms with van der Waals surface area (Å²) in [5.74, 6) is -4.06. The summed E-state index contributed by atoms with van der Waals surface area (Å²) in [4.78, 5) is 15.8. The number of halogens is 3. The van der Waals surface area contributed by atoms with Crippen molar-refractivity contribution >= 4 is 5.78 Å². The first-order valence-corrected chi connectivity index (χ1v) is 5.63. The third kappa shape index (κ3) is 2.83. The molecule has 1 heterocycles. The van der Waals surface area contributed by atoms with E-state index in [1.807, 2.05) is 0 Å². The lowest BCUT2D eigenvalue weighted by atomic mass is 10.1. The highest BCUT2D eigenvalue weighted by Gasteiger charge is 2.15. The number of aromatic nitrogens is 2. The van der Waals surface area contributed by atoms with Crippen molar-refractivity contribution < 1.29 is 18.0 Å². The average molecular weight is 268 g/mol. The monoisotopic (exact) mass is 268 g/mol. The van der Waals surface area contributed by atoms with E-state index in [0.29, 0.717) is 24.4 Å². The van der Waals surface area contributed by atoms with E-state index >= 15 is 0 Å². The Morgan fingerprint density at radius 1 is 1.26 bits per heavy atom. The zero-order valence-corrected chi connectivity index (χ0v) is 10.2. The molecule has 0 fully saturated rings. The fourth-order valence-corrected chi connectivity index (χ4v) is 1.72. The molecular weight excluding hydrogens is 257 g/mol. The lowest BCUT2D eigenvalue weighted by Gasteiger charge is -2.03. The molecule has 0 amide bonds. The zero-order valence-electron chi connectivity index (χ0n) is 10.2. The maximum Gasteiger partial charge on any atom is 0.194 e. The van der Waals surface area contributed by atoms with Gasteiger partial charge in [0.2, 0.25) is 0 Å². The molecule has 0 aliphatic rings. The van der Waals surface area contributed by atoms with Gasteiger partial charge in [-0.15, -0.1) is 0 Å². The Hall–Kier alpha value is -2.11. The zero-order chi connectivity index (χ0) is 14.0. The van der Waals surface area contributed by atoms with Crippen molar-refractivity contribution in [1.29, 1.82) is 0 Å². The van der Waals surface area contributed by atoms with Gasteiger partial charge >= 0.3 is 0 Å². The van der Waals surface area contributed by atoms with Crippen LogP contribution in [0.1, 0.15) is 22.6 Å². The molecule has 3 nitrogen and oxygen atoms in total. The van der Waals surface area contributed by atoms with Crippen LogP contribution in [-0.4, -0.2) is 15.3 Å². The largest absolute Gasteiger partial charge is 0.338 e. The van der Waals surface area contributed by atoms with Gasteiger partial charge in [-0.25, -0.2) is 18.2 Å². The molecule has 0 N–H and O–H groups in total. The molecule has 2 rings (SSSR count). The molecule has 0 radical (unpaired) electrons. The molecule has 0 saturated carbocycles. The van der Waals surface area contributed by atoms with Crippen molar-refractivity contribution in [2.45, 2.75) is 12.8 Å². The van der Waals surface area contributed by atoms with E-state index < -0.39 is 23.2 Å². The first-order chi connectivity index (χ1) is 8.99. The highest BCUT2D eigenvalue weighted by molar-refractivity contribution is 5.96. The Kier molecular flexibility index (Phi) is 3.69.